The number of ether oxygens (including phenoxy) is 4. The Morgan fingerprint density at radius 3 is 2.43 bits per heavy atom. The average Bonchev–Trinajstić information content (AvgIpc) is 2.92. The predicted molar refractivity (Wildman–Crippen MR) is 144 cm³/mol. The quantitative estimate of drug-likeness (QED) is 0.127. The lowest BCUT2D eigenvalue weighted by Crippen LogP contribution is -2.24. The maximum Gasteiger partial charge on any atom is 0.343 e. The number of esters is 1. The highest BCUT2D eigenvalue weighted by Crippen LogP contribution is 2.29. The SMILES string of the molecule is COc1ccc(C(=O)Oc2ccc(Br)cc2/C=N\NC(=O)COc2cccc3ccccc23)cc1OC. The van der Waals surface area contributed by atoms with Crippen LogP contribution in [0, 0.1) is 0 Å². The summed E-state index contributed by atoms with van der Waals surface area (Å²) in [6.45, 7) is -0.217. The highest BCUT2D eigenvalue weighted by atomic mass is 79.9. The molecule has 0 aliphatic carbocycles. The first-order chi connectivity index (χ1) is 18.0. The van der Waals surface area contributed by atoms with E-state index < -0.39 is 11.9 Å². The predicted octanol–water partition coefficient (Wildman–Crippen LogP) is 5.37. The summed E-state index contributed by atoms with van der Waals surface area (Å²) in [5.74, 6) is 0.730. The number of rotatable bonds is 9. The van der Waals surface area contributed by atoms with Gasteiger partial charge in [0, 0.05) is 15.4 Å². The van der Waals surface area contributed by atoms with E-state index in [0.717, 1.165) is 15.2 Å². The van der Waals surface area contributed by atoms with E-state index in [1.165, 1.54) is 26.5 Å². The third-order valence-corrected chi connectivity index (χ3v) is 5.79. The Balaban J connectivity index is 1.41. The number of hydrogen-bond donors (Lipinski definition) is 1. The summed E-state index contributed by atoms with van der Waals surface area (Å²) in [7, 11) is 3.00. The van der Waals surface area contributed by atoms with Crippen molar-refractivity contribution < 1.29 is 28.5 Å². The van der Waals surface area contributed by atoms with Crippen LogP contribution in [0.25, 0.3) is 10.8 Å². The summed E-state index contributed by atoms with van der Waals surface area (Å²) < 4.78 is 22.5. The lowest BCUT2D eigenvalue weighted by Gasteiger charge is -2.11. The number of carbonyl (C=O) groups excluding carboxylic acids is 2. The van der Waals surface area contributed by atoms with Crippen molar-refractivity contribution in [3.8, 4) is 23.0 Å². The zero-order valence-corrected chi connectivity index (χ0v) is 21.7. The smallest absolute Gasteiger partial charge is 0.343 e. The maximum atomic E-state index is 12.8. The highest BCUT2D eigenvalue weighted by Gasteiger charge is 2.15. The molecular formula is C28H23BrN2O6. The maximum absolute atomic E-state index is 12.8. The van der Waals surface area contributed by atoms with Crippen molar-refractivity contribution in [2.45, 2.75) is 0 Å². The van der Waals surface area contributed by atoms with E-state index in [2.05, 4.69) is 26.5 Å². The Morgan fingerprint density at radius 2 is 1.62 bits per heavy atom. The van der Waals surface area contributed by atoms with Gasteiger partial charge in [0.25, 0.3) is 5.91 Å². The van der Waals surface area contributed by atoms with E-state index in [-0.39, 0.29) is 17.9 Å². The molecule has 4 rings (SSSR count). The molecule has 4 aromatic rings. The number of nitrogens with one attached hydrogen (secondary N) is 1. The van der Waals surface area contributed by atoms with Gasteiger partial charge in [0.2, 0.25) is 0 Å². The summed E-state index contributed by atoms with van der Waals surface area (Å²) in [6, 6.07) is 23.2. The molecule has 0 heterocycles. The molecule has 0 bridgehead atoms. The number of amides is 1. The van der Waals surface area contributed by atoms with Crippen LogP contribution in [0.2, 0.25) is 0 Å². The Kier molecular flexibility index (Phi) is 8.37. The van der Waals surface area contributed by atoms with Crippen molar-refractivity contribution in [1.82, 2.24) is 5.43 Å². The van der Waals surface area contributed by atoms with Crippen LogP contribution in [-0.2, 0) is 4.79 Å². The Labute approximate surface area is 221 Å². The second-order valence-electron chi connectivity index (χ2n) is 7.70. The lowest BCUT2D eigenvalue weighted by atomic mass is 10.1. The molecule has 188 valence electrons. The van der Waals surface area contributed by atoms with Crippen molar-refractivity contribution in [2.75, 3.05) is 20.8 Å². The van der Waals surface area contributed by atoms with Crippen molar-refractivity contribution in [3.63, 3.8) is 0 Å². The van der Waals surface area contributed by atoms with Gasteiger partial charge in [-0.05, 0) is 47.9 Å². The molecule has 4 aromatic carbocycles. The number of benzene rings is 4. The van der Waals surface area contributed by atoms with Gasteiger partial charge in [-0.3, -0.25) is 4.79 Å². The van der Waals surface area contributed by atoms with Gasteiger partial charge < -0.3 is 18.9 Å². The molecule has 0 saturated heterocycles. The number of hydrazone groups is 1. The average molecular weight is 563 g/mol. The zero-order valence-electron chi connectivity index (χ0n) is 20.1. The van der Waals surface area contributed by atoms with Crippen molar-refractivity contribution in [3.05, 3.63) is 94.5 Å². The normalized spacial score (nSPS) is 10.8. The van der Waals surface area contributed by atoms with Gasteiger partial charge in [0.05, 0.1) is 26.0 Å². The van der Waals surface area contributed by atoms with Gasteiger partial charge in [0.15, 0.2) is 18.1 Å². The molecule has 1 amide bonds. The Hall–Kier alpha value is -4.37. The second kappa shape index (κ2) is 12.0. The highest BCUT2D eigenvalue weighted by molar-refractivity contribution is 9.10. The largest absolute Gasteiger partial charge is 0.493 e. The number of methoxy groups -OCH3 is 2. The van der Waals surface area contributed by atoms with Crippen LogP contribution in [0.5, 0.6) is 23.0 Å². The number of fused-ring (bicyclic) bond motifs is 1. The summed E-state index contributed by atoms with van der Waals surface area (Å²) in [6.07, 6.45) is 1.39. The fourth-order valence-corrected chi connectivity index (χ4v) is 3.88. The van der Waals surface area contributed by atoms with Crippen LogP contribution in [0.3, 0.4) is 0 Å². The summed E-state index contributed by atoms with van der Waals surface area (Å²) >= 11 is 3.39. The van der Waals surface area contributed by atoms with Crippen molar-refractivity contribution in [2.24, 2.45) is 5.10 Å². The van der Waals surface area contributed by atoms with E-state index in [9.17, 15) is 9.59 Å². The number of hydrogen-bond acceptors (Lipinski definition) is 7. The van der Waals surface area contributed by atoms with Crippen LogP contribution < -0.4 is 24.4 Å². The minimum Gasteiger partial charge on any atom is -0.493 e. The van der Waals surface area contributed by atoms with E-state index in [1.54, 1.807) is 36.4 Å². The van der Waals surface area contributed by atoms with Crippen molar-refractivity contribution >= 4 is 44.8 Å². The van der Waals surface area contributed by atoms with Gasteiger partial charge >= 0.3 is 5.97 Å². The molecule has 0 aliphatic heterocycles. The number of carbonyl (C=O) groups is 2. The van der Waals surface area contributed by atoms with Gasteiger partial charge in [0.1, 0.15) is 11.5 Å². The van der Waals surface area contributed by atoms with Gasteiger partial charge in [-0.2, -0.15) is 5.10 Å². The van der Waals surface area contributed by atoms with Crippen LogP contribution in [-0.4, -0.2) is 38.9 Å². The second-order valence-corrected chi connectivity index (χ2v) is 8.62. The third-order valence-electron chi connectivity index (χ3n) is 5.30. The first-order valence-electron chi connectivity index (χ1n) is 11.1. The fourth-order valence-electron chi connectivity index (χ4n) is 3.51. The topological polar surface area (TPSA) is 95.5 Å². The standard InChI is InChI=1S/C28H23BrN2O6/c1-34-25-12-10-19(15-26(25)35-2)28(33)37-23-13-11-21(29)14-20(23)16-30-31-27(32)17-36-24-9-5-7-18-6-3-4-8-22(18)24/h3-16H,17H2,1-2H3,(H,31,32)/b30-16-. The molecule has 0 atom stereocenters. The van der Waals surface area contributed by atoms with Crippen LogP contribution in [0.1, 0.15) is 15.9 Å². The molecule has 0 radical (unpaired) electrons. The third kappa shape index (κ3) is 6.45. The van der Waals surface area contributed by atoms with Crippen LogP contribution >= 0.6 is 15.9 Å². The minimum absolute atomic E-state index is 0.217. The molecule has 8 nitrogen and oxygen atoms in total. The first kappa shape index (κ1) is 25.7. The van der Waals surface area contributed by atoms with Gasteiger partial charge in [-0.1, -0.05) is 52.3 Å². The molecule has 0 aromatic heterocycles. The summed E-state index contributed by atoms with van der Waals surface area (Å²) in [5, 5.41) is 5.92. The molecule has 1 N–H and O–H groups in total. The molecule has 37 heavy (non-hydrogen) atoms. The molecule has 0 fully saturated rings. The molecule has 0 unspecified atom stereocenters. The molecular weight excluding hydrogens is 540 g/mol. The van der Waals surface area contributed by atoms with Crippen LogP contribution in [0.15, 0.2) is 88.4 Å². The number of nitrogens with zero attached hydrogens (tertiary/aromatic N) is 1. The van der Waals surface area contributed by atoms with E-state index >= 15 is 0 Å². The van der Waals surface area contributed by atoms with Gasteiger partial charge in [-0.25, -0.2) is 10.2 Å². The minimum atomic E-state index is -0.592. The monoisotopic (exact) mass is 562 g/mol. The van der Waals surface area contributed by atoms with E-state index in [4.69, 9.17) is 18.9 Å². The van der Waals surface area contributed by atoms with E-state index in [1.807, 2.05) is 36.4 Å². The van der Waals surface area contributed by atoms with Gasteiger partial charge in [-0.15, -0.1) is 0 Å². The summed E-state index contributed by atoms with van der Waals surface area (Å²) in [4.78, 5) is 25.1. The first-order valence-corrected chi connectivity index (χ1v) is 11.9. The summed E-state index contributed by atoms with van der Waals surface area (Å²) in [5.41, 5.74) is 3.18. The molecule has 9 heteroatoms. The Morgan fingerprint density at radius 1 is 0.865 bits per heavy atom. The number of halogens is 1. The van der Waals surface area contributed by atoms with Crippen LogP contribution in [0.4, 0.5) is 0 Å². The lowest BCUT2D eigenvalue weighted by molar-refractivity contribution is -0.123. The Bertz CT molecular complexity index is 1470. The molecule has 0 saturated carbocycles. The molecule has 0 aliphatic rings. The van der Waals surface area contributed by atoms with Crippen molar-refractivity contribution in [1.29, 1.82) is 0 Å². The molecule has 0 spiro atoms. The van der Waals surface area contributed by atoms with E-state index in [0.29, 0.717) is 22.8 Å². The zero-order chi connectivity index (χ0) is 26.2. The fraction of sp³-hybridized carbons (Fsp3) is 0.107.